The van der Waals surface area contributed by atoms with E-state index in [1.165, 1.54) is 45.1 Å². The molecule has 6 aliphatic rings. The van der Waals surface area contributed by atoms with Crippen LogP contribution in [0.1, 0.15) is 95.6 Å². The van der Waals surface area contributed by atoms with Gasteiger partial charge < -0.3 is 35.6 Å². The normalized spacial score (nSPS) is 33.2. The molecule has 5 N–H and O–H groups in total. The van der Waals surface area contributed by atoms with E-state index in [9.17, 15) is 43.8 Å². The number of imide groups is 1. The number of nitrogens with zero attached hydrogens (tertiary/aromatic N) is 1. The fraction of sp³-hybridized carbons (Fsp3) is 0.510. The summed E-state index contributed by atoms with van der Waals surface area (Å²) in [6.45, 7) is 5.68. The van der Waals surface area contributed by atoms with E-state index in [1.807, 2.05) is 18.2 Å². The first-order valence-corrected chi connectivity index (χ1v) is 23.3. The molecule has 2 aromatic rings. The molecule has 362 valence electrons. The van der Waals surface area contributed by atoms with Crippen LogP contribution in [-0.2, 0) is 49.5 Å². The number of benzene rings is 2. The van der Waals surface area contributed by atoms with Gasteiger partial charge in [-0.25, -0.2) is 8.78 Å². The zero-order valence-corrected chi connectivity index (χ0v) is 38.5. The Bertz CT molecular complexity index is 2480. The monoisotopic (exact) mass is 940 g/mol. The Kier molecular flexibility index (Phi) is 13.3. The second-order valence-corrected chi connectivity index (χ2v) is 19.6. The van der Waals surface area contributed by atoms with E-state index in [-0.39, 0.29) is 55.5 Å². The van der Waals surface area contributed by atoms with Crippen LogP contribution in [0.4, 0.5) is 14.5 Å². The standard InChI is InChI=1S/C51H58F2N4O11/c1-28(54-42(62)11-6-5-7-20-57-43(63)16-17-44(57)64)45(65)55-29(2)46(66)56-33-10-8-9-31(22-33)21-30-12-14-32(15-13-30)47-67-41-25-35-36-24-38(52)37-23-34(59)18-19-48(37,3)50(36,53)39(60)26-49(35,4)51(41,68-47)40(61)27-58/h8-10,12-19,22-23,28-29,35-36,38-39,41,47,58,60H,5-7,11,20-21,24-27H2,1-4H3,(H,54,62)(H,55,65)(H,56,66)/t28-,29-,35-,36-,38-,39-,41+,47+,48-,49-,50-,51+/m0/s1. The number of anilines is 1. The minimum atomic E-state index is -2.35. The van der Waals surface area contributed by atoms with E-state index >= 15 is 8.78 Å². The Morgan fingerprint density at radius 1 is 0.882 bits per heavy atom. The Labute approximate surface area is 392 Å². The van der Waals surface area contributed by atoms with Crippen molar-refractivity contribution in [1.82, 2.24) is 15.5 Å². The first-order valence-electron chi connectivity index (χ1n) is 23.3. The molecule has 12 atom stereocenters. The van der Waals surface area contributed by atoms with Crippen molar-refractivity contribution in [3.63, 3.8) is 0 Å². The second-order valence-electron chi connectivity index (χ2n) is 19.6. The number of carbonyl (C=O) groups is 7. The SMILES string of the molecule is C[C@H](NC(=O)CCCCCN1C(=O)C=CC1=O)C(=O)N[C@@H](C)C(=O)Nc1cccc(Cc2ccc([C@@H]3O[C@@H]4C[C@H]5[C@@H]6C[C@H](F)C7=CC(=O)C=C[C@]7(C)[C@@]6(F)[C@@H](O)C[C@]5(C)[C@]4(C(=O)CO)O3)cc2)c1. The first kappa shape index (κ1) is 48.7. The molecule has 0 aromatic heterocycles. The highest BCUT2D eigenvalue weighted by atomic mass is 19.1. The number of amides is 5. The molecule has 4 fully saturated rings. The molecule has 15 nitrogen and oxygen atoms in total. The molecule has 2 aromatic carbocycles. The van der Waals surface area contributed by atoms with Crippen molar-refractivity contribution in [1.29, 1.82) is 0 Å². The summed E-state index contributed by atoms with van der Waals surface area (Å²) in [5, 5.41) is 30.2. The molecule has 8 rings (SSSR count). The summed E-state index contributed by atoms with van der Waals surface area (Å²) in [5.74, 6) is -4.89. The van der Waals surface area contributed by atoms with Crippen LogP contribution in [0.15, 0.2) is 84.5 Å². The van der Waals surface area contributed by atoms with Gasteiger partial charge in [-0.3, -0.25) is 38.5 Å². The Morgan fingerprint density at radius 3 is 2.29 bits per heavy atom. The van der Waals surface area contributed by atoms with Gasteiger partial charge in [0, 0.05) is 53.1 Å². The number of nitrogens with one attached hydrogen (secondary N) is 3. The van der Waals surface area contributed by atoms with Crippen LogP contribution in [0.25, 0.3) is 0 Å². The maximum atomic E-state index is 17.8. The highest BCUT2D eigenvalue weighted by Gasteiger charge is 2.80. The quantitative estimate of drug-likeness (QED) is 0.118. The van der Waals surface area contributed by atoms with E-state index in [4.69, 9.17) is 9.47 Å². The number of ketones is 2. The fourth-order valence-electron chi connectivity index (χ4n) is 11.9. The average molecular weight is 941 g/mol. The summed E-state index contributed by atoms with van der Waals surface area (Å²) >= 11 is 0. The van der Waals surface area contributed by atoms with E-state index in [0.29, 0.717) is 36.9 Å². The van der Waals surface area contributed by atoms with Gasteiger partial charge in [-0.2, -0.15) is 0 Å². The third-order valence-corrected chi connectivity index (χ3v) is 15.5. The van der Waals surface area contributed by atoms with Gasteiger partial charge in [0.2, 0.25) is 17.7 Å². The molecule has 5 amide bonds. The Hall–Kier alpha value is -5.75. The number of hydrogen-bond acceptors (Lipinski definition) is 11. The second kappa shape index (κ2) is 18.6. The molecule has 0 unspecified atom stereocenters. The fourth-order valence-corrected chi connectivity index (χ4v) is 11.9. The van der Waals surface area contributed by atoms with E-state index in [1.54, 1.807) is 37.3 Å². The number of carbonyl (C=O) groups excluding carboxylic acids is 7. The summed E-state index contributed by atoms with van der Waals surface area (Å²) in [4.78, 5) is 89.1. The molecule has 0 radical (unpaired) electrons. The lowest BCUT2D eigenvalue weighted by atomic mass is 9.44. The zero-order chi connectivity index (χ0) is 48.9. The van der Waals surface area contributed by atoms with Gasteiger partial charge in [0.25, 0.3) is 11.8 Å². The number of unbranched alkanes of at least 4 members (excludes halogenated alkanes) is 2. The van der Waals surface area contributed by atoms with Crippen LogP contribution in [0.2, 0.25) is 0 Å². The molecule has 17 heteroatoms. The van der Waals surface area contributed by atoms with Crippen molar-refractivity contribution in [3.05, 3.63) is 101 Å². The lowest BCUT2D eigenvalue weighted by Gasteiger charge is -2.63. The van der Waals surface area contributed by atoms with Crippen molar-refractivity contribution in [3.8, 4) is 0 Å². The molecule has 4 aliphatic carbocycles. The largest absolute Gasteiger partial charge is 0.390 e. The van der Waals surface area contributed by atoms with Gasteiger partial charge in [-0.15, -0.1) is 0 Å². The molecule has 68 heavy (non-hydrogen) atoms. The van der Waals surface area contributed by atoms with Gasteiger partial charge >= 0.3 is 0 Å². The highest BCUT2D eigenvalue weighted by Crippen LogP contribution is 2.72. The van der Waals surface area contributed by atoms with Crippen molar-refractivity contribution < 1.29 is 62.0 Å². The van der Waals surface area contributed by atoms with Crippen molar-refractivity contribution in [2.24, 2.45) is 22.7 Å². The van der Waals surface area contributed by atoms with Crippen LogP contribution >= 0.6 is 0 Å². The molecular weight excluding hydrogens is 883 g/mol. The molecule has 1 saturated heterocycles. The number of fused-ring (bicyclic) bond motifs is 7. The van der Waals surface area contributed by atoms with E-state index in [2.05, 4.69) is 16.0 Å². The number of Topliss-reactive ketones (excluding diaryl/α,β-unsaturated/α-hetero) is 1. The summed E-state index contributed by atoms with van der Waals surface area (Å²) in [6.07, 6.45) is 2.73. The molecule has 3 saturated carbocycles. The van der Waals surface area contributed by atoms with Crippen LogP contribution < -0.4 is 16.0 Å². The van der Waals surface area contributed by atoms with Crippen LogP contribution in [0.3, 0.4) is 0 Å². The highest BCUT2D eigenvalue weighted by molar-refractivity contribution is 6.12. The van der Waals surface area contributed by atoms with Gasteiger partial charge in [0.15, 0.2) is 29.1 Å². The summed E-state index contributed by atoms with van der Waals surface area (Å²) < 4.78 is 46.8. The van der Waals surface area contributed by atoms with Crippen LogP contribution in [0.5, 0.6) is 0 Å². The molecule has 0 spiro atoms. The first-order chi connectivity index (χ1) is 32.2. The van der Waals surface area contributed by atoms with E-state index in [0.717, 1.165) is 22.1 Å². The van der Waals surface area contributed by atoms with Crippen molar-refractivity contribution >= 4 is 46.8 Å². The predicted octanol–water partition coefficient (Wildman–Crippen LogP) is 4.35. The molecule has 0 bridgehead atoms. The number of rotatable bonds is 16. The summed E-state index contributed by atoms with van der Waals surface area (Å²) in [7, 11) is 0. The van der Waals surface area contributed by atoms with E-state index < -0.39 is 101 Å². The molecule has 2 aliphatic heterocycles. The van der Waals surface area contributed by atoms with Gasteiger partial charge in [0.1, 0.15) is 24.9 Å². The molecule has 2 heterocycles. The Morgan fingerprint density at radius 2 is 1.59 bits per heavy atom. The lowest BCUT2D eigenvalue weighted by molar-refractivity contribution is -0.235. The number of hydrogen-bond donors (Lipinski definition) is 5. The van der Waals surface area contributed by atoms with Crippen molar-refractivity contribution in [2.45, 2.75) is 127 Å². The maximum Gasteiger partial charge on any atom is 0.253 e. The van der Waals surface area contributed by atoms with Gasteiger partial charge in [0.05, 0.1) is 12.2 Å². The number of halogens is 2. The van der Waals surface area contributed by atoms with Gasteiger partial charge in [-0.1, -0.05) is 55.8 Å². The van der Waals surface area contributed by atoms with Gasteiger partial charge in [-0.05, 0) is 106 Å². The minimum Gasteiger partial charge on any atom is -0.390 e. The topological polar surface area (TPSA) is 218 Å². The number of aliphatic hydroxyl groups is 2. The smallest absolute Gasteiger partial charge is 0.253 e. The maximum absolute atomic E-state index is 17.8. The third kappa shape index (κ3) is 8.34. The number of aliphatic hydroxyl groups excluding tert-OH is 2. The number of alkyl halides is 2. The minimum absolute atomic E-state index is 0.000227. The number of allylic oxidation sites excluding steroid dienone is 4. The zero-order valence-electron chi connectivity index (χ0n) is 38.5. The molecular formula is C51H58F2N4O11. The average Bonchev–Trinajstić information content (AvgIpc) is 3.93. The number of ether oxygens (including phenoxy) is 2. The lowest BCUT2D eigenvalue weighted by Crippen LogP contribution is -2.70. The Balaban J connectivity index is 0.847. The summed E-state index contributed by atoms with van der Waals surface area (Å²) in [6, 6.07) is 12.7. The van der Waals surface area contributed by atoms with Crippen LogP contribution in [-0.4, -0.2) is 111 Å². The third-order valence-electron chi connectivity index (χ3n) is 15.5. The van der Waals surface area contributed by atoms with Crippen molar-refractivity contribution in [2.75, 3.05) is 18.5 Å². The van der Waals surface area contributed by atoms with Crippen LogP contribution in [0, 0.1) is 22.7 Å². The predicted molar refractivity (Wildman–Crippen MR) is 241 cm³/mol. The summed E-state index contributed by atoms with van der Waals surface area (Å²) in [5.41, 5.74) is -4.14.